The van der Waals surface area contributed by atoms with Crippen LogP contribution in [0.5, 0.6) is 0 Å². The van der Waals surface area contributed by atoms with E-state index in [4.69, 9.17) is 11.1 Å². The van der Waals surface area contributed by atoms with Crippen LogP contribution < -0.4 is 16.6 Å². The third-order valence-corrected chi connectivity index (χ3v) is 0.860. The Hall–Kier alpha value is -1.12. The molecule has 0 rings (SSSR count). The van der Waals surface area contributed by atoms with Crippen LogP contribution >= 0.6 is 0 Å². The van der Waals surface area contributed by atoms with Crippen LogP contribution in [0.1, 0.15) is 6.42 Å². The van der Waals surface area contributed by atoms with E-state index < -0.39 is 0 Å². The Labute approximate surface area is 59.2 Å². The van der Waals surface area contributed by atoms with Crippen LogP contribution in [0, 0.1) is 11.3 Å². The van der Waals surface area contributed by atoms with Crippen LogP contribution in [0.15, 0.2) is 0 Å². The lowest BCUT2D eigenvalue weighted by Crippen LogP contribution is -2.38. The van der Waals surface area contributed by atoms with E-state index in [1.54, 1.807) is 0 Å². The predicted octanol–water partition coefficient (Wildman–Crippen LogP) is -1.52. The lowest BCUT2D eigenvalue weighted by Gasteiger charge is -1.98. The Morgan fingerprint density at radius 3 is 2.90 bits per heavy atom. The van der Waals surface area contributed by atoms with Crippen molar-refractivity contribution in [2.45, 2.75) is 6.42 Å². The fourth-order valence-corrected chi connectivity index (χ4v) is 0.397. The van der Waals surface area contributed by atoms with Gasteiger partial charge in [-0.15, -0.1) is 0 Å². The number of hydrogen-bond acceptors (Lipinski definition) is 4. The van der Waals surface area contributed by atoms with Gasteiger partial charge in [-0.25, -0.2) is 5.84 Å². The SMILES string of the molecule is N#CCCNCC(=O)NN. The minimum absolute atomic E-state index is 0.165. The summed E-state index contributed by atoms with van der Waals surface area (Å²) in [6, 6.07) is 1.93. The highest BCUT2D eigenvalue weighted by atomic mass is 16.2. The molecule has 0 aromatic carbocycles. The number of rotatable bonds is 4. The summed E-state index contributed by atoms with van der Waals surface area (Å²) in [7, 11) is 0. The Bertz CT molecular complexity index is 139. The standard InChI is InChI=1S/C5H10N4O/c6-2-1-3-8-4-5(10)9-7/h8H,1,3-4,7H2,(H,9,10). The lowest BCUT2D eigenvalue weighted by molar-refractivity contribution is -0.120. The molecular weight excluding hydrogens is 132 g/mol. The van der Waals surface area contributed by atoms with Crippen molar-refractivity contribution in [1.29, 1.82) is 5.26 Å². The van der Waals surface area contributed by atoms with E-state index in [0.717, 1.165) is 0 Å². The van der Waals surface area contributed by atoms with E-state index in [1.807, 2.05) is 11.5 Å². The Morgan fingerprint density at radius 2 is 2.40 bits per heavy atom. The molecule has 0 aliphatic rings. The molecule has 10 heavy (non-hydrogen) atoms. The predicted molar refractivity (Wildman–Crippen MR) is 35.4 cm³/mol. The molecule has 0 saturated carbocycles. The molecule has 0 atom stereocenters. The number of amides is 1. The minimum Gasteiger partial charge on any atom is -0.307 e. The highest BCUT2D eigenvalue weighted by molar-refractivity contribution is 5.77. The van der Waals surface area contributed by atoms with Gasteiger partial charge in [-0.2, -0.15) is 5.26 Å². The van der Waals surface area contributed by atoms with Gasteiger partial charge < -0.3 is 5.32 Å². The van der Waals surface area contributed by atoms with Gasteiger partial charge in [-0.1, -0.05) is 0 Å². The summed E-state index contributed by atoms with van der Waals surface area (Å²) in [6.07, 6.45) is 0.401. The molecule has 0 heterocycles. The second kappa shape index (κ2) is 6.01. The Kier molecular flexibility index (Phi) is 5.33. The van der Waals surface area contributed by atoms with E-state index in [0.29, 0.717) is 13.0 Å². The van der Waals surface area contributed by atoms with Gasteiger partial charge in [0.15, 0.2) is 0 Å². The average molecular weight is 142 g/mol. The zero-order chi connectivity index (χ0) is 7.82. The van der Waals surface area contributed by atoms with E-state index >= 15 is 0 Å². The summed E-state index contributed by atoms with van der Waals surface area (Å²) < 4.78 is 0. The van der Waals surface area contributed by atoms with Crippen molar-refractivity contribution in [2.24, 2.45) is 5.84 Å². The van der Waals surface area contributed by atoms with E-state index in [2.05, 4.69) is 5.32 Å². The van der Waals surface area contributed by atoms with Gasteiger partial charge in [0.25, 0.3) is 0 Å². The van der Waals surface area contributed by atoms with Crippen LogP contribution in [0.2, 0.25) is 0 Å². The van der Waals surface area contributed by atoms with Gasteiger partial charge in [0.2, 0.25) is 5.91 Å². The first-order valence-corrected chi connectivity index (χ1v) is 2.88. The van der Waals surface area contributed by atoms with E-state index in [-0.39, 0.29) is 12.5 Å². The molecule has 0 aliphatic heterocycles. The quantitative estimate of drug-likeness (QED) is 0.192. The molecule has 0 bridgehead atoms. The smallest absolute Gasteiger partial charge is 0.247 e. The first-order valence-electron chi connectivity index (χ1n) is 2.88. The fourth-order valence-electron chi connectivity index (χ4n) is 0.397. The van der Waals surface area contributed by atoms with E-state index in [1.165, 1.54) is 0 Å². The van der Waals surface area contributed by atoms with Crippen LogP contribution in [0.4, 0.5) is 0 Å². The minimum atomic E-state index is -0.280. The van der Waals surface area contributed by atoms with Crippen molar-refractivity contribution in [2.75, 3.05) is 13.1 Å². The summed E-state index contributed by atoms with van der Waals surface area (Å²) in [6.45, 7) is 0.683. The molecular formula is C5H10N4O. The average Bonchev–Trinajstić information content (AvgIpc) is 1.98. The maximum atomic E-state index is 10.4. The normalized spacial score (nSPS) is 8.40. The van der Waals surface area contributed by atoms with Gasteiger partial charge >= 0.3 is 0 Å². The van der Waals surface area contributed by atoms with Gasteiger partial charge in [0, 0.05) is 13.0 Å². The van der Waals surface area contributed by atoms with Crippen molar-refractivity contribution >= 4 is 5.91 Å². The molecule has 0 saturated heterocycles. The monoisotopic (exact) mass is 142 g/mol. The summed E-state index contributed by atoms with van der Waals surface area (Å²) in [5.41, 5.74) is 1.96. The number of nitrogens with zero attached hydrogens (tertiary/aromatic N) is 1. The van der Waals surface area contributed by atoms with Crippen molar-refractivity contribution < 1.29 is 4.79 Å². The van der Waals surface area contributed by atoms with Crippen LogP contribution in [-0.2, 0) is 4.79 Å². The van der Waals surface area contributed by atoms with E-state index in [9.17, 15) is 4.79 Å². The third-order valence-electron chi connectivity index (χ3n) is 0.860. The molecule has 0 unspecified atom stereocenters. The zero-order valence-electron chi connectivity index (χ0n) is 5.55. The van der Waals surface area contributed by atoms with Crippen molar-refractivity contribution in [3.8, 4) is 6.07 Å². The fraction of sp³-hybridized carbons (Fsp3) is 0.600. The highest BCUT2D eigenvalue weighted by Crippen LogP contribution is 1.68. The third kappa shape index (κ3) is 5.03. The number of carbonyl (C=O) groups excluding carboxylic acids is 1. The number of carbonyl (C=O) groups is 1. The first-order chi connectivity index (χ1) is 4.81. The molecule has 0 aromatic heterocycles. The van der Waals surface area contributed by atoms with Gasteiger partial charge in [0.1, 0.15) is 0 Å². The molecule has 4 N–H and O–H groups in total. The first kappa shape index (κ1) is 8.88. The van der Waals surface area contributed by atoms with Gasteiger partial charge in [-0.05, 0) is 0 Å². The van der Waals surface area contributed by atoms with Crippen molar-refractivity contribution in [3.63, 3.8) is 0 Å². The highest BCUT2D eigenvalue weighted by Gasteiger charge is 1.94. The van der Waals surface area contributed by atoms with Crippen molar-refractivity contribution in [1.82, 2.24) is 10.7 Å². The Balaban J connectivity index is 3.05. The zero-order valence-corrected chi connectivity index (χ0v) is 5.55. The molecule has 5 nitrogen and oxygen atoms in total. The van der Waals surface area contributed by atoms with Crippen LogP contribution in [-0.4, -0.2) is 19.0 Å². The lowest BCUT2D eigenvalue weighted by atomic mass is 10.4. The molecule has 0 aliphatic carbocycles. The summed E-state index contributed by atoms with van der Waals surface area (Å²) in [5.74, 6) is 4.50. The molecule has 0 radical (unpaired) electrons. The Morgan fingerprint density at radius 1 is 1.70 bits per heavy atom. The summed E-state index contributed by atoms with van der Waals surface area (Å²) in [5, 5.41) is 10.8. The van der Waals surface area contributed by atoms with Gasteiger partial charge in [0.05, 0.1) is 12.6 Å². The molecule has 5 heteroatoms. The number of hydrazine groups is 1. The van der Waals surface area contributed by atoms with Crippen LogP contribution in [0.3, 0.4) is 0 Å². The molecule has 0 aromatic rings. The maximum absolute atomic E-state index is 10.4. The number of nitrogens with two attached hydrogens (primary N) is 1. The molecule has 56 valence electrons. The summed E-state index contributed by atoms with van der Waals surface area (Å²) >= 11 is 0. The topological polar surface area (TPSA) is 90.9 Å². The molecule has 0 spiro atoms. The number of nitrogens with one attached hydrogen (secondary N) is 2. The molecule has 1 amide bonds. The van der Waals surface area contributed by atoms with Crippen molar-refractivity contribution in [3.05, 3.63) is 0 Å². The maximum Gasteiger partial charge on any atom is 0.247 e. The van der Waals surface area contributed by atoms with Crippen LogP contribution in [0.25, 0.3) is 0 Å². The summed E-state index contributed by atoms with van der Waals surface area (Å²) in [4.78, 5) is 10.4. The number of hydrogen-bond donors (Lipinski definition) is 3. The second-order valence-corrected chi connectivity index (χ2v) is 1.65. The largest absolute Gasteiger partial charge is 0.307 e. The second-order valence-electron chi connectivity index (χ2n) is 1.65. The van der Waals surface area contributed by atoms with Gasteiger partial charge in [-0.3, -0.25) is 10.2 Å². The number of nitriles is 1. The molecule has 0 fully saturated rings.